The van der Waals surface area contributed by atoms with Crippen LogP contribution in [0.15, 0.2) is 71.7 Å². The number of aliphatic carboxylic acids is 2. The van der Waals surface area contributed by atoms with Gasteiger partial charge in [-0.05, 0) is 68.3 Å². The number of hydroxylamine groups is 2. The molecule has 19 heteroatoms. The van der Waals surface area contributed by atoms with Crippen molar-refractivity contribution in [3.63, 3.8) is 0 Å². The van der Waals surface area contributed by atoms with Gasteiger partial charge in [0.05, 0.1) is 42.8 Å². The third-order valence-electron chi connectivity index (χ3n) is 8.91. The number of amides is 4. The summed E-state index contributed by atoms with van der Waals surface area (Å²) in [5, 5.41) is 34.1. The van der Waals surface area contributed by atoms with Crippen LogP contribution in [0.1, 0.15) is 90.6 Å². The summed E-state index contributed by atoms with van der Waals surface area (Å²) in [4.78, 5) is 92.8. The summed E-state index contributed by atoms with van der Waals surface area (Å²) < 4.78 is 13.0. The molecule has 4 rings (SSSR count). The van der Waals surface area contributed by atoms with Crippen LogP contribution >= 0.6 is 0 Å². The zero-order valence-electron chi connectivity index (χ0n) is 32.1. The number of aromatic nitrogens is 3. The van der Waals surface area contributed by atoms with E-state index in [1.807, 2.05) is 6.92 Å². The second-order valence-electron chi connectivity index (χ2n) is 12.8. The zero-order chi connectivity index (χ0) is 42.2. The monoisotopic (exact) mass is 803 g/mol. The van der Waals surface area contributed by atoms with Gasteiger partial charge in [-0.2, -0.15) is 5.06 Å². The number of hydrogen-bond donors (Lipinski definition) is 5. The first-order chi connectivity index (χ1) is 27.9. The fourth-order valence-electron chi connectivity index (χ4n) is 5.97. The van der Waals surface area contributed by atoms with E-state index in [4.69, 9.17) is 19.1 Å². The van der Waals surface area contributed by atoms with Gasteiger partial charge in [0.15, 0.2) is 5.76 Å². The lowest BCUT2D eigenvalue weighted by atomic mass is 9.90. The van der Waals surface area contributed by atoms with E-state index in [0.717, 1.165) is 17.9 Å². The molecule has 0 fully saturated rings. The molecule has 2 aromatic carbocycles. The standard InChI is InChI=1S/C39H45N7O12/c1-4-7-8-9-27(30(5-2)46(23-47)58-39(55)24-10-13-26(14-11-24)45-21-42-43-22-45)35(50)40-20-41-37(52)32-17-16-31(57-32)25-12-15-28(33(18-25)56-6-3)36(51)44-29(38(53)54)19-34(48)49/h10-18,21-23,27,29-30H,4-9,19-20H2,1-3H3,(H,40,50)(H,41,52)(H,44,51)(H,48,49)(H,53,54). The molecule has 58 heavy (non-hydrogen) atoms. The number of rotatable bonds is 23. The van der Waals surface area contributed by atoms with Crippen LogP contribution in [-0.2, 0) is 24.0 Å². The Kier molecular flexibility index (Phi) is 16.0. The maximum absolute atomic E-state index is 13.6. The van der Waals surface area contributed by atoms with Gasteiger partial charge in [-0.3, -0.25) is 28.5 Å². The van der Waals surface area contributed by atoms with Crippen molar-refractivity contribution >= 4 is 42.0 Å². The molecule has 3 unspecified atom stereocenters. The largest absolute Gasteiger partial charge is 0.493 e. The molecule has 0 saturated heterocycles. The Morgan fingerprint density at radius 3 is 2.26 bits per heavy atom. The number of carbonyl (C=O) groups is 7. The van der Waals surface area contributed by atoms with Gasteiger partial charge in [-0.15, -0.1) is 10.2 Å². The molecule has 19 nitrogen and oxygen atoms in total. The van der Waals surface area contributed by atoms with E-state index in [1.165, 1.54) is 55.1 Å². The van der Waals surface area contributed by atoms with E-state index in [1.54, 1.807) is 30.5 Å². The van der Waals surface area contributed by atoms with Crippen molar-refractivity contribution in [2.45, 2.75) is 71.4 Å². The van der Waals surface area contributed by atoms with Crippen LogP contribution in [0.5, 0.6) is 5.75 Å². The number of benzene rings is 2. The second kappa shape index (κ2) is 21.3. The Morgan fingerprint density at radius 1 is 0.914 bits per heavy atom. The molecular formula is C39H45N7O12. The maximum atomic E-state index is 13.6. The molecule has 0 saturated carbocycles. The number of carboxylic acids is 2. The van der Waals surface area contributed by atoms with Crippen LogP contribution in [0.3, 0.4) is 0 Å². The average Bonchev–Trinajstić information content (AvgIpc) is 3.94. The SMILES string of the molecule is CCCCCC(C(=O)NCNC(=O)c1ccc(-c2ccc(C(=O)NC(CC(=O)O)C(=O)O)c(OCC)c2)o1)C(CC)N(C=O)OC(=O)c1ccc(-n2cnnc2)cc1. The third kappa shape index (κ3) is 11.7. The van der Waals surface area contributed by atoms with Crippen molar-refractivity contribution in [3.8, 4) is 22.8 Å². The molecule has 0 bridgehead atoms. The minimum atomic E-state index is -1.67. The first-order valence-electron chi connectivity index (χ1n) is 18.5. The number of unbranched alkanes of at least 4 members (excludes halogenated alkanes) is 2. The van der Waals surface area contributed by atoms with Crippen molar-refractivity contribution in [2.75, 3.05) is 13.3 Å². The van der Waals surface area contributed by atoms with Gasteiger partial charge in [-0.25, -0.2) is 9.59 Å². The van der Waals surface area contributed by atoms with E-state index < -0.39 is 60.1 Å². The van der Waals surface area contributed by atoms with Gasteiger partial charge < -0.3 is 40.2 Å². The summed E-state index contributed by atoms with van der Waals surface area (Å²) in [5.41, 5.74) is 1.23. The van der Waals surface area contributed by atoms with E-state index in [0.29, 0.717) is 30.5 Å². The van der Waals surface area contributed by atoms with Gasteiger partial charge in [0.1, 0.15) is 30.2 Å². The lowest BCUT2D eigenvalue weighted by Crippen LogP contribution is -2.49. The fourth-order valence-corrected chi connectivity index (χ4v) is 5.97. The van der Waals surface area contributed by atoms with Gasteiger partial charge in [-0.1, -0.05) is 39.2 Å². The molecule has 4 amide bonds. The topological polar surface area (TPSA) is 262 Å². The Hall–Kier alpha value is -7.05. The van der Waals surface area contributed by atoms with Crippen LogP contribution < -0.4 is 20.7 Å². The first-order valence-corrected chi connectivity index (χ1v) is 18.5. The van der Waals surface area contributed by atoms with Crippen LogP contribution in [0, 0.1) is 5.92 Å². The summed E-state index contributed by atoms with van der Waals surface area (Å²) in [6, 6.07) is 11.1. The maximum Gasteiger partial charge on any atom is 0.363 e. The van der Waals surface area contributed by atoms with Gasteiger partial charge in [0.2, 0.25) is 12.3 Å². The summed E-state index contributed by atoms with van der Waals surface area (Å²) in [5.74, 6) is -6.36. The third-order valence-corrected chi connectivity index (χ3v) is 8.91. The molecule has 3 atom stereocenters. The van der Waals surface area contributed by atoms with Crippen molar-refractivity contribution in [3.05, 3.63) is 84.1 Å². The molecule has 0 aliphatic carbocycles. The Balaban J connectivity index is 1.40. The number of furan rings is 1. The second-order valence-corrected chi connectivity index (χ2v) is 12.8. The number of hydrogen-bond acceptors (Lipinski definition) is 12. The predicted octanol–water partition coefficient (Wildman–Crippen LogP) is 3.59. The number of nitrogens with zero attached hydrogens (tertiary/aromatic N) is 4. The Labute approximate surface area is 332 Å². The number of nitrogens with one attached hydrogen (secondary N) is 3. The van der Waals surface area contributed by atoms with Crippen LogP contribution in [-0.4, -0.2) is 97.4 Å². The summed E-state index contributed by atoms with van der Waals surface area (Å²) in [6.07, 6.45) is 5.52. The number of ether oxygens (including phenoxy) is 1. The molecule has 4 aromatic rings. The highest BCUT2D eigenvalue weighted by Crippen LogP contribution is 2.29. The number of carboxylic acid groups (broad SMARTS) is 2. The van der Waals surface area contributed by atoms with Gasteiger partial charge >= 0.3 is 17.9 Å². The molecule has 308 valence electrons. The highest BCUT2D eigenvalue weighted by Gasteiger charge is 2.34. The molecule has 2 aromatic heterocycles. The van der Waals surface area contributed by atoms with Crippen LogP contribution in [0.2, 0.25) is 0 Å². The van der Waals surface area contributed by atoms with E-state index in [9.17, 15) is 38.7 Å². The minimum Gasteiger partial charge on any atom is -0.493 e. The molecule has 0 radical (unpaired) electrons. The lowest BCUT2D eigenvalue weighted by Gasteiger charge is -2.31. The highest BCUT2D eigenvalue weighted by molar-refractivity contribution is 6.00. The van der Waals surface area contributed by atoms with Crippen LogP contribution in [0.4, 0.5) is 0 Å². The van der Waals surface area contributed by atoms with Gasteiger partial charge in [0, 0.05) is 11.3 Å². The zero-order valence-corrected chi connectivity index (χ0v) is 32.1. The smallest absolute Gasteiger partial charge is 0.363 e. The Bertz CT molecular complexity index is 2050. The molecule has 0 spiro atoms. The summed E-state index contributed by atoms with van der Waals surface area (Å²) in [6.45, 7) is 5.27. The molecule has 5 N–H and O–H groups in total. The normalized spacial score (nSPS) is 12.3. The van der Waals surface area contributed by atoms with E-state index in [2.05, 4.69) is 26.1 Å². The minimum absolute atomic E-state index is 0.0508. The predicted molar refractivity (Wildman–Crippen MR) is 203 cm³/mol. The van der Waals surface area contributed by atoms with E-state index >= 15 is 0 Å². The fraction of sp³-hybridized carbons (Fsp3) is 0.359. The molecule has 2 heterocycles. The first kappa shape index (κ1) is 43.7. The van der Waals surface area contributed by atoms with Crippen molar-refractivity contribution in [1.82, 2.24) is 35.8 Å². The van der Waals surface area contributed by atoms with Crippen LogP contribution in [0.25, 0.3) is 17.0 Å². The highest BCUT2D eigenvalue weighted by atomic mass is 16.7. The molecular weight excluding hydrogens is 758 g/mol. The van der Waals surface area contributed by atoms with Crippen molar-refractivity contribution in [2.24, 2.45) is 5.92 Å². The number of carbonyl (C=O) groups excluding carboxylic acids is 5. The van der Waals surface area contributed by atoms with E-state index in [-0.39, 0.29) is 48.1 Å². The summed E-state index contributed by atoms with van der Waals surface area (Å²) >= 11 is 0. The quantitative estimate of drug-likeness (QED) is 0.0311. The van der Waals surface area contributed by atoms with Crippen molar-refractivity contribution < 1.29 is 57.8 Å². The van der Waals surface area contributed by atoms with Gasteiger partial charge in [0.25, 0.3) is 11.8 Å². The molecule has 0 aliphatic rings. The average molecular weight is 804 g/mol. The Morgan fingerprint density at radius 2 is 1.64 bits per heavy atom. The van der Waals surface area contributed by atoms with Crippen molar-refractivity contribution in [1.29, 1.82) is 0 Å². The lowest BCUT2D eigenvalue weighted by molar-refractivity contribution is -0.171. The molecule has 0 aliphatic heterocycles. The summed E-state index contributed by atoms with van der Waals surface area (Å²) in [7, 11) is 0.